The number of likely N-dealkylation sites (tertiary alicyclic amines) is 1. The molecule has 1 aliphatic heterocycles. The van der Waals surface area contributed by atoms with Crippen molar-refractivity contribution in [2.24, 2.45) is 5.92 Å². The lowest BCUT2D eigenvalue weighted by molar-refractivity contribution is -0.132. The van der Waals surface area contributed by atoms with Crippen molar-refractivity contribution >= 4 is 31.7 Å². The standard InChI is InChI=1S/C18H26BrNO3S/c1-14(2)13-24(22,23)17-9-11-20(12-10-17)18(21)8-5-15-3-6-16(19)7-4-15/h3-4,6-7,14,17H,5,8-13H2,1-2H3. The van der Waals surface area contributed by atoms with E-state index in [2.05, 4.69) is 15.9 Å². The van der Waals surface area contributed by atoms with Crippen LogP contribution in [-0.2, 0) is 21.1 Å². The van der Waals surface area contributed by atoms with Gasteiger partial charge in [-0.25, -0.2) is 8.42 Å². The molecule has 0 aliphatic carbocycles. The Labute approximate surface area is 153 Å². The lowest BCUT2D eigenvalue weighted by Gasteiger charge is -2.32. The van der Waals surface area contributed by atoms with Gasteiger partial charge in [-0.15, -0.1) is 0 Å². The molecule has 0 spiro atoms. The van der Waals surface area contributed by atoms with Gasteiger partial charge in [-0.05, 0) is 42.9 Å². The summed E-state index contributed by atoms with van der Waals surface area (Å²) >= 11 is 3.40. The van der Waals surface area contributed by atoms with Gasteiger partial charge in [0.05, 0.1) is 11.0 Å². The van der Waals surface area contributed by atoms with Crippen molar-refractivity contribution < 1.29 is 13.2 Å². The predicted octanol–water partition coefficient (Wildman–Crippen LogP) is 3.44. The molecule has 0 N–H and O–H groups in total. The van der Waals surface area contributed by atoms with E-state index in [0.29, 0.717) is 32.4 Å². The zero-order valence-corrected chi connectivity index (χ0v) is 16.8. The third kappa shape index (κ3) is 5.59. The molecule has 0 radical (unpaired) electrons. The fourth-order valence-corrected chi connectivity index (χ4v) is 5.52. The quantitative estimate of drug-likeness (QED) is 0.714. The Balaban J connectivity index is 1.81. The van der Waals surface area contributed by atoms with Crippen molar-refractivity contribution in [1.29, 1.82) is 0 Å². The molecule has 0 bridgehead atoms. The Bertz CT molecular complexity index is 647. The van der Waals surface area contributed by atoms with Gasteiger partial charge in [0.25, 0.3) is 0 Å². The van der Waals surface area contributed by atoms with Gasteiger partial charge in [-0.2, -0.15) is 0 Å². The minimum Gasteiger partial charge on any atom is -0.343 e. The second-order valence-corrected chi connectivity index (χ2v) is 10.2. The van der Waals surface area contributed by atoms with Crippen molar-refractivity contribution in [3.63, 3.8) is 0 Å². The average molecular weight is 416 g/mol. The molecule has 0 saturated carbocycles. The van der Waals surface area contributed by atoms with Gasteiger partial charge in [0.1, 0.15) is 0 Å². The fourth-order valence-electron chi connectivity index (χ4n) is 3.13. The highest BCUT2D eigenvalue weighted by atomic mass is 79.9. The monoisotopic (exact) mass is 415 g/mol. The normalized spacial score (nSPS) is 16.6. The van der Waals surface area contributed by atoms with Gasteiger partial charge < -0.3 is 4.90 Å². The molecular weight excluding hydrogens is 390 g/mol. The summed E-state index contributed by atoms with van der Waals surface area (Å²) in [4.78, 5) is 14.2. The maximum Gasteiger partial charge on any atom is 0.222 e. The van der Waals surface area contributed by atoms with Crippen LogP contribution >= 0.6 is 15.9 Å². The maximum atomic E-state index is 12.3. The van der Waals surface area contributed by atoms with Crippen LogP contribution in [0.1, 0.15) is 38.7 Å². The number of hydrogen-bond acceptors (Lipinski definition) is 3. The molecule has 2 rings (SSSR count). The molecule has 1 fully saturated rings. The molecule has 1 saturated heterocycles. The Morgan fingerprint density at radius 3 is 2.33 bits per heavy atom. The molecule has 1 aliphatic rings. The number of hydrogen-bond donors (Lipinski definition) is 0. The average Bonchev–Trinajstić information content (AvgIpc) is 2.53. The molecule has 1 amide bonds. The minimum absolute atomic E-state index is 0.123. The van der Waals surface area contributed by atoms with Crippen molar-refractivity contribution in [2.45, 2.75) is 44.8 Å². The molecule has 24 heavy (non-hydrogen) atoms. The lowest BCUT2D eigenvalue weighted by Crippen LogP contribution is -2.43. The zero-order chi connectivity index (χ0) is 17.7. The highest BCUT2D eigenvalue weighted by Gasteiger charge is 2.31. The number of rotatable bonds is 6. The van der Waals surface area contributed by atoms with E-state index < -0.39 is 9.84 Å². The summed E-state index contributed by atoms with van der Waals surface area (Å²) in [6.07, 6.45) is 2.33. The largest absolute Gasteiger partial charge is 0.343 e. The molecule has 1 aromatic carbocycles. The zero-order valence-electron chi connectivity index (χ0n) is 14.4. The van der Waals surface area contributed by atoms with Crippen LogP contribution < -0.4 is 0 Å². The molecule has 0 aromatic heterocycles. The number of sulfone groups is 1. The van der Waals surface area contributed by atoms with Crippen LogP contribution in [0.3, 0.4) is 0 Å². The first kappa shape index (κ1) is 19.4. The predicted molar refractivity (Wildman–Crippen MR) is 101 cm³/mol. The van der Waals surface area contributed by atoms with E-state index in [1.807, 2.05) is 43.0 Å². The highest BCUT2D eigenvalue weighted by Crippen LogP contribution is 2.21. The summed E-state index contributed by atoms with van der Waals surface area (Å²) in [5, 5.41) is -0.282. The van der Waals surface area contributed by atoms with Gasteiger partial charge in [0.15, 0.2) is 9.84 Å². The molecule has 1 heterocycles. The molecule has 6 heteroatoms. The number of amides is 1. The number of aryl methyl sites for hydroxylation is 1. The van der Waals surface area contributed by atoms with Crippen LogP contribution in [0.5, 0.6) is 0 Å². The lowest BCUT2D eigenvalue weighted by atomic mass is 10.1. The van der Waals surface area contributed by atoms with Crippen molar-refractivity contribution in [2.75, 3.05) is 18.8 Å². The third-order valence-corrected chi connectivity index (χ3v) is 7.56. The summed E-state index contributed by atoms with van der Waals surface area (Å²) in [7, 11) is -3.03. The Hall–Kier alpha value is -0.880. The molecule has 0 atom stereocenters. The van der Waals surface area contributed by atoms with E-state index in [9.17, 15) is 13.2 Å². The first-order valence-corrected chi connectivity index (χ1v) is 11.0. The van der Waals surface area contributed by atoms with E-state index in [0.717, 1.165) is 16.5 Å². The van der Waals surface area contributed by atoms with E-state index >= 15 is 0 Å². The molecule has 4 nitrogen and oxygen atoms in total. The Morgan fingerprint density at radius 1 is 1.21 bits per heavy atom. The first-order valence-electron chi connectivity index (χ1n) is 8.51. The van der Waals surface area contributed by atoms with Gasteiger partial charge in [-0.3, -0.25) is 4.79 Å². The number of carbonyl (C=O) groups is 1. The van der Waals surface area contributed by atoms with E-state index in [4.69, 9.17) is 0 Å². The number of halogens is 1. The number of nitrogens with zero attached hydrogens (tertiary/aromatic N) is 1. The van der Waals surface area contributed by atoms with Crippen LogP contribution in [0.25, 0.3) is 0 Å². The van der Waals surface area contributed by atoms with Gasteiger partial charge in [-0.1, -0.05) is 41.9 Å². The topological polar surface area (TPSA) is 54.5 Å². The second kappa shape index (κ2) is 8.48. The van der Waals surface area contributed by atoms with Crippen LogP contribution in [0.4, 0.5) is 0 Å². The maximum absolute atomic E-state index is 12.3. The Morgan fingerprint density at radius 2 is 1.79 bits per heavy atom. The summed E-state index contributed by atoms with van der Waals surface area (Å²) in [5.74, 6) is 0.521. The minimum atomic E-state index is -3.03. The smallest absolute Gasteiger partial charge is 0.222 e. The van der Waals surface area contributed by atoms with E-state index in [1.54, 1.807) is 0 Å². The summed E-state index contributed by atoms with van der Waals surface area (Å²) in [6, 6.07) is 7.99. The molecule has 134 valence electrons. The van der Waals surface area contributed by atoms with Crippen LogP contribution in [0, 0.1) is 5.92 Å². The summed E-state index contributed by atoms with van der Waals surface area (Å²) in [6.45, 7) is 4.97. The highest BCUT2D eigenvalue weighted by molar-refractivity contribution is 9.10. The number of benzene rings is 1. The van der Waals surface area contributed by atoms with Crippen LogP contribution in [0.15, 0.2) is 28.7 Å². The second-order valence-electron chi connectivity index (χ2n) is 6.93. The SMILES string of the molecule is CC(C)CS(=O)(=O)C1CCN(C(=O)CCc2ccc(Br)cc2)CC1. The molecule has 0 unspecified atom stereocenters. The van der Waals surface area contributed by atoms with E-state index in [-0.39, 0.29) is 22.8 Å². The number of carbonyl (C=O) groups excluding carboxylic acids is 1. The summed E-state index contributed by atoms with van der Waals surface area (Å²) < 4.78 is 25.6. The van der Waals surface area contributed by atoms with Crippen molar-refractivity contribution in [3.05, 3.63) is 34.3 Å². The van der Waals surface area contributed by atoms with Crippen LogP contribution in [0.2, 0.25) is 0 Å². The van der Waals surface area contributed by atoms with Gasteiger partial charge in [0.2, 0.25) is 5.91 Å². The van der Waals surface area contributed by atoms with E-state index in [1.165, 1.54) is 0 Å². The number of piperidine rings is 1. The van der Waals surface area contributed by atoms with Crippen molar-refractivity contribution in [3.8, 4) is 0 Å². The first-order chi connectivity index (χ1) is 11.3. The van der Waals surface area contributed by atoms with Gasteiger partial charge in [0, 0.05) is 24.0 Å². The Kier molecular flexibility index (Phi) is 6.87. The third-order valence-electron chi connectivity index (χ3n) is 4.41. The summed E-state index contributed by atoms with van der Waals surface area (Å²) in [5.41, 5.74) is 1.14. The fraction of sp³-hybridized carbons (Fsp3) is 0.611. The van der Waals surface area contributed by atoms with Gasteiger partial charge >= 0.3 is 0 Å². The molecule has 1 aromatic rings. The van der Waals surface area contributed by atoms with Crippen molar-refractivity contribution in [1.82, 2.24) is 4.90 Å². The molecular formula is C18H26BrNO3S. The van der Waals surface area contributed by atoms with Crippen LogP contribution in [-0.4, -0.2) is 43.3 Å².